The lowest BCUT2D eigenvalue weighted by Crippen LogP contribution is -2.34. The van der Waals surface area contributed by atoms with E-state index in [4.69, 9.17) is 0 Å². The molecule has 0 saturated carbocycles. The molecule has 0 fully saturated rings. The van der Waals surface area contributed by atoms with Gasteiger partial charge in [-0.15, -0.1) is 0 Å². The molecule has 0 unspecified atom stereocenters. The highest BCUT2D eigenvalue weighted by Crippen LogP contribution is 2.53. The van der Waals surface area contributed by atoms with Gasteiger partial charge in [-0.05, 0) is 43.2 Å². The van der Waals surface area contributed by atoms with Crippen LogP contribution in [0.25, 0.3) is 0 Å². The normalized spacial score (nSPS) is 14.2. The van der Waals surface area contributed by atoms with Crippen molar-refractivity contribution in [1.29, 1.82) is 0 Å². The lowest BCUT2D eigenvalue weighted by molar-refractivity contribution is -0.174. The second-order valence-electron chi connectivity index (χ2n) is 8.26. The molecule has 0 bridgehead atoms. The topological polar surface area (TPSA) is 0 Å². The Hall–Kier alpha value is -2.39. The van der Waals surface area contributed by atoms with Gasteiger partial charge < -0.3 is 0 Å². The molecule has 0 saturated heterocycles. The van der Waals surface area contributed by atoms with Crippen LogP contribution in [-0.4, -0.2) is 6.16 Å². The minimum atomic E-state index is -6.43. The standard InChI is InChI=1S/C22H13F18P/c1-2-3-8-41(11-6-4-9(17(23,24)25)13(19(29,30)31)15(11)21(35,36)37)12-7-5-10(18(26,27)28)14(20(32,33)34)16(12)22(38,39)40/h4-7H,2-3,8H2,1H3. The van der Waals surface area contributed by atoms with E-state index in [1.807, 2.05) is 0 Å². The summed E-state index contributed by atoms with van der Waals surface area (Å²) in [5, 5.41) is -3.75. The summed E-state index contributed by atoms with van der Waals surface area (Å²) in [4.78, 5) is 0. The van der Waals surface area contributed by atoms with Crippen molar-refractivity contribution in [1.82, 2.24) is 0 Å². The van der Waals surface area contributed by atoms with Crippen LogP contribution >= 0.6 is 7.92 Å². The van der Waals surface area contributed by atoms with Crippen LogP contribution < -0.4 is 10.6 Å². The minimum absolute atomic E-state index is 0.138. The number of hydrogen-bond donors (Lipinski definition) is 0. The van der Waals surface area contributed by atoms with Gasteiger partial charge in [-0.25, -0.2) is 0 Å². The first-order chi connectivity index (χ1) is 18.1. The molecule has 0 heterocycles. The highest BCUT2D eigenvalue weighted by atomic mass is 31.1. The van der Waals surface area contributed by atoms with Crippen LogP contribution in [0.5, 0.6) is 0 Å². The smallest absolute Gasteiger partial charge is 0.166 e. The molecule has 0 amide bonds. The van der Waals surface area contributed by atoms with Crippen molar-refractivity contribution in [2.75, 3.05) is 6.16 Å². The Morgan fingerprint density at radius 3 is 0.951 bits per heavy atom. The maximum absolute atomic E-state index is 14.0. The van der Waals surface area contributed by atoms with Crippen LogP contribution in [0.3, 0.4) is 0 Å². The van der Waals surface area contributed by atoms with Crippen LogP contribution in [0.4, 0.5) is 79.0 Å². The first-order valence-corrected chi connectivity index (χ1v) is 12.2. The van der Waals surface area contributed by atoms with Gasteiger partial charge in [0, 0.05) is 0 Å². The molecule has 19 heteroatoms. The molecule has 232 valence electrons. The van der Waals surface area contributed by atoms with Gasteiger partial charge in [-0.1, -0.05) is 25.5 Å². The third-order valence-corrected chi connectivity index (χ3v) is 8.10. The van der Waals surface area contributed by atoms with E-state index in [-0.39, 0.29) is 18.6 Å². The van der Waals surface area contributed by atoms with E-state index < -0.39 is 114 Å². The van der Waals surface area contributed by atoms with E-state index in [9.17, 15) is 79.0 Å². The first-order valence-electron chi connectivity index (χ1n) is 10.7. The SMILES string of the molecule is CCCCP(c1ccc(C(F)(F)F)c(C(F)(F)F)c1C(F)(F)F)c1ccc(C(F)(F)F)c(C(F)(F)F)c1C(F)(F)F. The Labute approximate surface area is 219 Å². The van der Waals surface area contributed by atoms with Crippen molar-refractivity contribution in [3.63, 3.8) is 0 Å². The molecule has 0 aromatic heterocycles. The van der Waals surface area contributed by atoms with Crippen LogP contribution in [0.1, 0.15) is 53.1 Å². The van der Waals surface area contributed by atoms with E-state index in [1.54, 1.807) is 0 Å². The lowest BCUT2D eigenvalue weighted by Gasteiger charge is -2.30. The maximum atomic E-state index is 14.0. The molecule has 0 spiro atoms. The number of halogens is 18. The number of rotatable bonds is 5. The third-order valence-electron chi connectivity index (χ3n) is 5.43. The summed E-state index contributed by atoms with van der Waals surface area (Å²) in [6, 6.07) is -1.52. The summed E-state index contributed by atoms with van der Waals surface area (Å²) in [5.41, 5.74) is -18.7. The van der Waals surface area contributed by atoms with Crippen LogP contribution in [0.2, 0.25) is 0 Å². The molecule has 41 heavy (non-hydrogen) atoms. The predicted molar refractivity (Wildman–Crippen MR) is 109 cm³/mol. The fraction of sp³-hybridized carbons (Fsp3) is 0.455. The van der Waals surface area contributed by atoms with Crippen LogP contribution in [0.15, 0.2) is 24.3 Å². The van der Waals surface area contributed by atoms with Gasteiger partial charge in [0.2, 0.25) is 0 Å². The van der Waals surface area contributed by atoms with Crippen molar-refractivity contribution in [2.24, 2.45) is 0 Å². The molecular formula is C22H13F18P. The van der Waals surface area contributed by atoms with Crippen LogP contribution in [0, 0.1) is 0 Å². The maximum Gasteiger partial charge on any atom is 0.417 e. The summed E-state index contributed by atoms with van der Waals surface area (Å²) in [5.74, 6) is 0. The predicted octanol–water partition coefficient (Wildman–Crippen LogP) is 10.0. The van der Waals surface area contributed by atoms with Gasteiger partial charge in [0.1, 0.15) is 0 Å². The molecule has 2 aromatic rings. The summed E-state index contributed by atoms with van der Waals surface area (Å²) in [7, 11) is -3.72. The molecule has 0 radical (unpaired) electrons. The van der Waals surface area contributed by atoms with Crippen molar-refractivity contribution in [2.45, 2.75) is 56.8 Å². The van der Waals surface area contributed by atoms with E-state index >= 15 is 0 Å². The third kappa shape index (κ3) is 7.53. The highest BCUT2D eigenvalue weighted by molar-refractivity contribution is 7.73. The summed E-state index contributed by atoms with van der Waals surface area (Å²) >= 11 is 0. The van der Waals surface area contributed by atoms with Gasteiger partial charge in [-0.3, -0.25) is 0 Å². The second-order valence-corrected chi connectivity index (χ2v) is 10.5. The largest absolute Gasteiger partial charge is 0.417 e. The lowest BCUT2D eigenvalue weighted by atomic mass is 9.99. The first kappa shape index (κ1) is 34.8. The summed E-state index contributed by atoms with van der Waals surface area (Å²) in [6.45, 7) is 1.25. The molecule has 0 nitrogen and oxygen atoms in total. The summed E-state index contributed by atoms with van der Waals surface area (Å²) < 4.78 is 246. The fourth-order valence-corrected chi connectivity index (χ4v) is 6.86. The van der Waals surface area contributed by atoms with E-state index in [0.29, 0.717) is 0 Å². The summed E-state index contributed by atoms with van der Waals surface area (Å²) in [6.07, 6.45) is -39.4. The molecular weight excluding hydrogens is 637 g/mol. The van der Waals surface area contributed by atoms with Crippen molar-refractivity contribution < 1.29 is 79.0 Å². The molecule has 2 rings (SSSR count). The molecule has 0 N–H and O–H groups in total. The van der Waals surface area contributed by atoms with Gasteiger partial charge in [0.15, 0.2) is 0 Å². The van der Waals surface area contributed by atoms with Crippen molar-refractivity contribution >= 4 is 18.5 Å². The monoisotopic (exact) mass is 650 g/mol. The average Bonchev–Trinajstić information content (AvgIpc) is 2.74. The van der Waals surface area contributed by atoms with Gasteiger partial charge in [-0.2, -0.15) is 79.0 Å². The molecule has 0 aliphatic heterocycles. The molecule has 0 aliphatic rings. The van der Waals surface area contributed by atoms with Crippen LogP contribution in [-0.2, 0) is 37.1 Å². The zero-order valence-corrected chi connectivity index (χ0v) is 20.6. The quantitative estimate of drug-likeness (QED) is 0.223. The van der Waals surface area contributed by atoms with Crippen molar-refractivity contribution in [3.05, 3.63) is 57.6 Å². The van der Waals surface area contributed by atoms with Gasteiger partial charge in [0.05, 0.1) is 33.4 Å². The molecule has 2 aromatic carbocycles. The number of alkyl halides is 18. The Kier molecular flexibility index (Phi) is 9.36. The minimum Gasteiger partial charge on any atom is -0.166 e. The van der Waals surface area contributed by atoms with E-state index in [0.717, 1.165) is 0 Å². The van der Waals surface area contributed by atoms with E-state index in [2.05, 4.69) is 0 Å². The Morgan fingerprint density at radius 1 is 0.439 bits per heavy atom. The Bertz CT molecular complexity index is 1150. The number of benzene rings is 2. The van der Waals surface area contributed by atoms with E-state index in [1.165, 1.54) is 6.92 Å². The van der Waals surface area contributed by atoms with Crippen molar-refractivity contribution in [3.8, 4) is 0 Å². The molecule has 0 aliphatic carbocycles. The number of unbranched alkanes of at least 4 members (excludes halogenated alkanes) is 1. The highest BCUT2D eigenvalue weighted by Gasteiger charge is 2.54. The second kappa shape index (κ2) is 11.0. The zero-order chi connectivity index (χ0) is 32.1. The fourth-order valence-electron chi connectivity index (χ4n) is 3.96. The Morgan fingerprint density at radius 2 is 0.732 bits per heavy atom. The van der Waals surface area contributed by atoms with Gasteiger partial charge in [0.25, 0.3) is 0 Å². The number of hydrogen-bond acceptors (Lipinski definition) is 0. The zero-order valence-electron chi connectivity index (χ0n) is 19.7. The molecule has 0 atom stereocenters. The van der Waals surface area contributed by atoms with Gasteiger partial charge >= 0.3 is 37.1 Å². The Balaban J connectivity index is 3.27. The average molecular weight is 650 g/mol.